The highest BCUT2D eigenvalue weighted by atomic mass is 16.2. The molecule has 2 fully saturated rings. The molecule has 4 heteroatoms. The van der Waals surface area contributed by atoms with Gasteiger partial charge in [0.2, 0.25) is 5.91 Å². The molecule has 114 valence electrons. The number of hydrogen-bond donors (Lipinski definition) is 2. The third-order valence-corrected chi connectivity index (χ3v) is 4.62. The number of carbonyl (C=O) groups is 1. The van der Waals surface area contributed by atoms with E-state index in [0.29, 0.717) is 12.5 Å². The zero-order valence-electron chi connectivity index (χ0n) is 12.7. The van der Waals surface area contributed by atoms with Crippen molar-refractivity contribution in [1.82, 2.24) is 10.2 Å². The quantitative estimate of drug-likeness (QED) is 0.858. The minimum absolute atomic E-state index is 0.0197. The van der Waals surface area contributed by atoms with Crippen molar-refractivity contribution in [2.45, 2.75) is 56.8 Å². The molecule has 2 aliphatic rings. The van der Waals surface area contributed by atoms with Gasteiger partial charge in [0.15, 0.2) is 0 Å². The molecule has 1 aromatic carbocycles. The molecular weight excluding hydrogens is 262 g/mol. The van der Waals surface area contributed by atoms with Gasteiger partial charge in [-0.2, -0.15) is 0 Å². The van der Waals surface area contributed by atoms with E-state index in [1.54, 1.807) is 0 Å². The number of carbonyl (C=O) groups excluding carboxylic acids is 1. The molecule has 1 saturated carbocycles. The van der Waals surface area contributed by atoms with E-state index in [9.17, 15) is 4.79 Å². The number of amides is 1. The van der Waals surface area contributed by atoms with E-state index >= 15 is 0 Å². The SMILES string of the molecule is C[C@@H]1C[C@H](NC(=O)[C@@H](N)Cc2ccccc2)CN1C1CC1. The average molecular weight is 287 g/mol. The Bertz CT molecular complexity index is 486. The van der Waals surface area contributed by atoms with Crippen molar-refractivity contribution in [2.75, 3.05) is 6.54 Å². The lowest BCUT2D eigenvalue weighted by molar-refractivity contribution is -0.123. The van der Waals surface area contributed by atoms with Crippen LogP contribution in [0.15, 0.2) is 30.3 Å². The van der Waals surface area contributed by atoms with Crippen molar-refractivity contribution in [2.24, 2.45) is 5.73 Å². The average Bonchev–Trinajstić information content (AvgIpc) is 3.24. The summed E-state index contributed by atoms with van der Waals surface area (Å²) in [7, 11) is 0. The zero-order chi connectivity index (χ0) is 14.8. The van der Waals surface area contributed by atoms with Crippen molar-refractivity contribution in [3.05, 3.63) is 35.9 Å². The summed E-state index contributed by atoms with van der Waals surface area (Å²) in [6.45, 7) is 3.24. The summed E-state index contributed by atoms with van der Waals surface area (Å²) in [6.07, 6.45) is 4.28. The molecule has 1 aromatic rings. The van der Waals surface area contributed by atoms with Crippen molar-refractivity contribution in [3.63, 3.8) is 0 Å². The van der Waals surface area contributed by atoms with Crippen LogP contribution in [0.25, 0.3) is 0 Å². The topological polar surface area (TPSA) is 58.4 Å². The van der Waals surface area contributed by atoms with E-state index in [1.807, 2.05) is 30.3 Å². The molecule has 0 spiro atoms. The predicted octanol–water partition coefficient (Wildman–Crippen LogP) is 1.30. The Morgan fingerprint density at radius 3 is 2.76 bits per heavy atom. The first-order valence-electron chi connectivity index (χ1n) is 7.99. The fraction of sp³-hybridized carbons (Fsp3) is 0.588. The van der Waals surface area contributed by atoms with Crippen molar-refractivity contribution in [1.29, 1.82) is 0 Å². The molecule has 0 radical (unpaired) electrons. The van der Waals surface area contributed by atoms with Crippen LogP contribution in [0.2, 0.25) is 0 Å². The lowest BCUT2D eigenvalue weighted by atomic mass is 10.1. The Morgan fingerprint density at radius 1 is 1.38 bits per heavy atom. The van der Waals surface area contributed by atoms with Gasteiger partial charge in [0, 0.05) is 24.7 Å². The van der Waals surface area contributed by atoms with E-state index in [2.05, 4.69) is 17.1 Å². The molecule has 1 amide bonds. The fourth-order valence-electron chi connectivity index (χ4n) is 3.34. The summed E-state index contributed by atoms with van der Waals surface area (Å²) in [6, 6.07) is 11.1. The third-order valence-electron chi connectivity index (χ3n) is 4.62. The van der Waals surface area contributed by atoms with Crippen molar-refractivity contribution >= 4 is 5.91 Å². The van der Waals surface area contributed by atoms with Gasteiger partial charge in [-0.25, -0.2) is 0 Å². The number of rotatable bonds is 5. The van der Waals surface area contributed by atoms with Gasteiger partial charge in [0.1, 0.15) is 0 Å². The maximum Gasteiger partial charge on any atom is 0.237 e. The van der Waals surface area contributed by atoms with Crippen LogP contribution in [0.4, 0.5) is 0 Å². The maximum atomic E-state index is 12.2. The summed E-state index contributed by atoms with van der Waals surface area (Å²) in [4.78, 5) is 14.8. The molecule has 1 aliphatic heterocycles. The molecule has 0 unspecified atom stereocenters. The van der Waals surface area contributed by atoms with Crippen LogP contribution in [-0.2, 0) is 11.2 Å². The van der Waals surface area contributed by atoms with Crippen LogP contribution in [0, 0.1) is 0 Å². The molecule has 21 heavy (non-hydrogen) atoms. The Hall–Kier alpha value is -1.39. The predicted molar refractivity (Wildman–Crippen MR) is 83.9 cm³/mol. The lowest BCUT2D eigenvalue weighted by Gasteiger charge is -2.20. The summed E-state index contributed by atoms with van der Waals surface area (Å²) in [5.74, 6) is -0.0197. The molecular formula is C17H25N3O. The Labute approximate surface area is 126 Å². The molecule has 3 rings (SSSR count). The second kappa shape index (κ2) is 6.16. The van der Waals surface area contributed by atoms with E-state index in [0.717, 1.165) is 24.6 Å². The molecule has 1 saturated heterocycles. The largest absolute Gasteiger partial charge is 0.351 e. The Kier molecular flexibility index (Phi) is 4.27. The molecule has 3 atom stereocenters. The van der Waals surface area contributed by atoms with Crippen LogP contribution >= 0.6 is 0 Å². The van der Waals surface area contributed by atoms with Gasteiger partial charge >= 0.3 is 0 Å². The van der Waals surface area contributed by atoms with Gasteiger partial charge < -0.3 is 11.1 Å². The van der Waals surface area contributed by atoms with Crippen LogP contribution in [0.1, 0.15) is 31.7 Å². The van der Waals surface area contributed by atoms with Gasteiger partial charge in [-0.1, -0.05) is 30.3 Å². The number of likely N-dealkylation sites (tertiary alicyclic amines) is 1. The monoisotopic (exact) mass is 287 g/mol. The zero-order valence-corrected chi connectivity index (χ0v) is 12.7. The van der Waals surface area contributed by atoms with E-state index in [-0.39, 0.29) is 11.9 Å². The summed E-state index contributed by atoms with van der Waals surface area (Å²) >= 11 is 0. The summed E-state index contributed by atoms with van der Waals surface area (Å²) in [5, 5.41) is 3.14. The first-order valence-corrected chi connectivity index (χ1v) is 7.99. The van der Waals surface area contributed by atoms with E-state index in [1.165, 1.54) is 12.8 Å². The fourth-order valence-corrected chi connectivity index (χ4v) is 3.34. The van der Waals surface area contributed by atoms with Crippen LogP contribution in [-0.4, -0.2) is 41.5 Å². The lowest BCUT2D eigenvalue weighted by Crippen LogP contribution is -2.47. The minimum atomic E-state index is -0.460. The van der Waals surface area contributed by atoms with Gasteiger partial charge in [-0.05, 0) is 38.2 Å². The number of nitrogens with two attached hydrogens (primary N) is 1. The molecule has 0 bridgehead atoms. The van der Waals surface area contributed by atoms with Crippen LogP contribution in [0.5, 0.6) is 0 Å². The molecule has 4 nitrogen and oxygen atoms in total. The number of nitrogens with zero attached hydrogens (tertiary/aromatic N) is 1. The van der Waals surface area contributed by atoms with E-state index in [4.69, 9.17) is 5.73 Å². The highest BCUT2D eigenvalue weighted by molar-refractivity contribution is 5.82. The highest BCUT2D eigenvalue weighted by Gasteiger charge is 2.39. The number of hydrogen-bond acceptors (Lipinski definition) is 3. The first-order chi connectivity index (χ1) is 10.1. The standard InChI is InChI=1S/C17H25N3O/c1-12-9-14(11-20(12)15-7-8-15)19-17(21)16(18)10-13-5-3-2-4-6-13/h2-6,12,14-16H,7-11,18H2,1H3,(H,19,21)/t12-,14+,16+/m1/s1. The van der Waals surface area contributed by atoms with E-state index < -0.39 is 6.04 Å². The Balaban J connectivity index is 1.49. The Morgan fingerprint density at radius 2 is 2.10 bits per heavy atom. The van der Waals surface area contributed by atoms with Gasteiger partial charge in [-0.3, -0.25) is 9.69 Å². The number of nitrogens with one attached hydrogen (secondary N) is 1. The van der Waals surface area contributed by atoms with Gasteiger partial charge in [0.25, 0.3) is 0 Å². The molecule has 3 N–H and O–H groups in total. The van der Waals surface area contributed by atoms with Crippen molar-refractivity contribution < 1.29 is 4.79 Å². The first kappa shape index (κ1) is 14.5. The van der Waals surface area contributed by atoms with Crippen molar-refractivity contribution in [3.8, 4) is 0 Å². The maximum absolute atomic E-state index is 12.2. The number of benzene rings is 1. The molecule has 0 aromatic heterocycles. The second-order valence-electron chi connectivity index (χ2n) is 6.51. The van der Waals surface area contributed by atoms with Gasteiger partial charge in [-0.15, -0.1) is 0 Å². The smallest absolute Gasteiger partial charge is 0.237 e. The second-order valence-corrected chi connectivity index (χ2v) is 6.51. The highest BCUT2D eigenvalue weighted by Crippen LogP contribution is 2.33. The third kappa shape index (κ3) is 3.63. The van der Waals surface area contributed by atoms with Gasteiger partial charge in [0.05, 0.1) is 6.04 Å². The summed E-state index contributed by atoms with van der Waals surface area (Å²) < 4.78 is 0. The minimum Gasteiger partial charge on any atom is -0.351 e. The normalized spacial score (nSPS) is 27.5. The van der Waals surface area contributed by atoms with Crippen LogP contribution < -0.4 is 11.1 Å². The summed E-state index contributed by atoms with van der Waals surface area (Å²) in [5.41, 5.74) is 7.15. The molecule has 1 heterocycles. The molecule has 1 aliphatic carbocycles. The van der Waals surface area contributed by atoms with Crippen LogP contribution in [0.3, 0.4) is 0 Å².